The van der Waals surface area contributed by atoms with Gasteiger partial charge in [0.1, 0.15) is 0 Å². The van der Waals surface area contributed by atoms with Crippen LogP contribution in [0.5, 0.6) is 0 Å². The Bertz CT molecular complexity index is 168. The fourth-order valence-electron chi connectivity index (χ4n) is 0.520. The second-order valence-electron chi connectivity index (χ2n) is 1.78. The topological polar surface area (TPSA) is 21.6 Å². The second-order valence-corrected chi connectivity index (χ2v) is 1.78. The molecule has 0 N–H and O–H groups in total. The standard InChI is InChI=1S/C8H13NO/c1-5-7(3)8(10-4)9-6-2/h5-6H,1H2,2-4H3/b8-7+,9-6?. The summed E-state index contributed by atoms with van der Waals surface area (Å²) in [4.78, 5) is 3.97. The van der Waals surface area contributed by atoms with Crippen LogP contribution in [0, 0.1) is 0 Å². The molecule has 0 saturated heterocycles. The lowest BCUT2D eigenvalue weighted by molar-refractivity contribution is 0.285. The Kier molecular flexibility index (Phi) is 4.29. The van der Waals surface area contributed by atoms with Gasteiger partial charge in [-0.25, -0.2) is 4.99 Å². The van der Waals surface area contributed by atoms with E-state index >= 15 is 0 Å². The van der Waals surface area contributed by atoms with E-state index in [1.807, 2.05) is 13.8 Å². The number of nitrogens with zero attached hydrogens (tertiary/aromatic N) is 1. The van der Waals surface area contributed by atoms with E-state index in [4.69, 9.17) is 4.74 Å². The van der Waals surface area contributed by atoms with Gasteiger partial charge in [-0.1, -0.05) is 12.7 Å². The normalized spacial score (nSPS) is 13.1. The Hall–Kier alpha value is -1.05. The van der Waals surface area contributed by atoms with Crippen LogP contribution in [0.3, 0.4) is 0 Å². The van der Waals surface area contributed by atoms with Gasteiger partial charge in [0.25, 0.3) is 0 Å². The van der Waals surface area contributed by atoms with Crippen molar-refractivity contribution in [2.75, 3.05) is 7.11 Å². The molecule has 56 valence electrons. The highest BCUT2D eigenvalue weighted by Gasteiger charge is 1.92. The molecule has 0 spiro atoms. The lowest BCUT2D eigenvalue weighted by Gasteiger charge is -2.00. The van der Waals surface area contributed by atoms with Gasteiger partial charge in [-0.15, -0.1) is 0 Å². The highest BCUT2D eigenvalue weighted by atomic mass is 16.5. The summed E-state index contributed by atoms with van der Waals surface area (Å²) in [5.74, 6) is 0.623. The Balaban J connectivity index is 4.44. The summed E-state index contributed by atoms with van der Waals surface area (Å²) in [7, 11) is 1.59. The van der Waals surface area contributed by atoms with Gasteiger partial charge < -0.3 is 4.74 Å². The summed E-state index contributed by atoms with van der Waals surface area (Å²) in [6.07, 6.45) is 3.40. The largest absolute Gasteiger partial charge is 0.481 e. The third kappa shape index (κ3) is 2.49. The summed E-state index contributed by atoms with van der Waals surface area (Å²) in [5.41, 5.74) is 0.945. The zero-order chi connectivity index (χ0) is 7.98. The number of allylic oxidation sites excluding steroid dienone is 2. The molecule has 0 bridgehead atoms. The smallest absolute Gasteiger partial charge is 0.215 e. The van der Waals surface area contributed by atoms with Crippen LogP contribution in [0.25, 0.3) is 0 Å². The van der Waals surface area contributed by atoms with E-state index in [0.717, 1.165) is 5.57 Å². The number of aliphatic imine (C=N–C) groups is 1. The minimum absolute atomic E-state index is 0.623. The van der Waals surface area contributed by atoms with E-state index in [-0.39, 0.29) is 0 Å². The van der Waals surface area contributed by atoms with Crippen LogP contribution in [-0.2, 0) is 4.74 Å². The van der Waals surface area contributed by atoms with Gasteiger partial charge in [-0.2, -0.15) is 0 Å². The molecule has 0 fully saturated rings. The van der Waals surface area contributed by atoms with Crippen LogP contribution in [0.15, 0.2) is 29.1 Å². The van der Waals surface area contributed by atoms with Gasteiger partial charge in [-0.05, 0) is 13.8 Å². The summed E-state index contributed by atoms with van der Waals surface area (Å²) in [5, 5.41) is 0. The first kappa shape index (κ1) is 8.95. The molecule has 0 amide bonds. The number of rotatable bonds is 3. The maximum atomic E-state index is 4.95. The molecule has 0 aliphatic heterocycles. The van der Waals surface area contributed by atoms with Gasteiger partial charge in [-0.3, -0.25) is 0 Å². The van der Waals surface area contributed by atoms with E-state index in [1.54, 1.807) is 19.4 Å². The van der Waals surface area contributed by atoms with Crippen molar-refractivity contribution in [1.82, 2.24) is 0 Å². The zero-order valence-corrected chi connectivity index (χ0v) is 6.72. The predicted molar refractivity (Wildman–Crippen MR) is 44.1 cm³/mol. The molecular formula is C8H13NO. The second kappa shape index (κ2) is 4.79. The molecule has 0 aromatic heterocycles. The Morgan fingerprint density at radius 3 is 2.50 bits per heavy atom. The lowest BCUT2D eigenvalue weighted by atomic mass is 10.3. The fourth-order valence-corrected chi connectivity index (χ4v) is 0.520. The van der Waals surface area contributed by atoms with Gasteiger partial charge in [0.05, 0.1) is 7.11 Å². The van der Waals surface area contributed by atoms with Crippen LogP contribution in [0.1, 0.15) is 13.8 Å². The highest BCUT2D eigenvalue weighted by molar-refractivity contribution is 5.55. The average Bonchev–Trinajstić information content (AvgIpc) is 1.99. The van der Waals surface area contributed by atoms with Crippen molar-refractivity contribution in [3.63, 3.8) is 0 Å². The van der Waals surface area contributed by atoms with Crippen molar-refractivity contribution in [3.8, 4) is 0 Å². The zero-order valence-electron chi connectivity index (χ0n) is 6.72. The van der Waals surface area contributed by atoms with Gasteiger partial charge in [0, 0.05) is 11.8 Å². The van der Waals surface area contributed by atoms with Crippen molar-refractivity contribution in [2.24, 2.45) is 4.99 Å². The molecule has 0 unspecified atom stereocenters. The van der Waals surface area contributed by atoms with Crippen LogP contribution >= 0.6 is 0 Å². The first-order valence-corrected chi connectivity index (χ1v) is 3.12. The van der Waals surface area contributed by atoms with Crippen molar-refractivity contribution in [2.45, 2.75) is 13.8 Å². The number of hydrogen-bond donors (Lipinski definition) is 0. The van der Waals surface area contributed by atoms with Crippen molar-refractivity contribution in [3.05, 3.63) is 24.1 Å². The van der Waals surface area contributed by atoms with Crippen LogP contribution in [0.4, 0.5) is 0 Å². The van der Waals surface area contributed by atoms with Gasteiger partial charge >= 0.3 is 0 Å². The number of ether oxygens (including phenoxy) is 1. The molecule has 0 atom stereocenters. The molecule has 0 rings (SSSR count). The fraction of sp³-hybridized carbons (Fsp3) is 0.375. The van der Waals surface area contributed by atoms with Crippen LogP contribution in [0.2, 0.25) is 0 Å². The first-order chi connectivity index (χ1) is 4.76. The molecule has 0 heterocycles. The third-order valence-corrected chi connectivity index (χ3v) is 1.08. The van der Waals surface area contributed by atoms with Gasteiger partial charge in [0.15, 0.2) is 0 Å². The van der Waals surface area contributed by atoms with Crippen LogP contribution in [-0.4, -0.2) is 13.3 Å². The maximum absolute atomic E-state index is 4.95. The molecule has 10 heavy (non-hydrogen) atoms. The highest BCUT2D eigenvalue weighted by Crippen LogP contribution is 2.05. The molecular weight excluding hydrogens is 126 g/mol. The summed E-state index contributed by atoms with van der Waals surface area (Å²) >= 11 is 0. The summed E-state index contributed by atoms with van der Waals surface area (Å²) < 4.78 is 4.95. The minimum atomic E-state index is 0.623. The molecule has 2 heteroatoms. The van der Waals surface area contributed by atoms with E-state index in [9.17, 15) is 0 Å². The first-order valence-electron chi connectivity index (χ1n) is 3.12. The molecule has 0 aliphatic rings. The average molecular weight is 139 g/mol. The van der Waals surface area contributed by atoms with Crippen molar-refractivity contribution in [1.29, 1.82) is 0 Å². The molecule has 2 nitrogen and oxygen atoms in total. The summed E-state index contributed by atoms with van der Waals surface area (Å²) in [6, 6.07) is 0. The molecule has 0 radical (unpaired) electrons. The lowest BCUT2D eigenvalue weighted by Crippen LogP contribution is -1.85. The number of hydrogen-bond acceptors (Lipinski definition) is 2. The number of methoxy groups -OCH3 is 1. The molecule has 0 aromatic rings. The Morgan fingerprint density at radius 1 is 1.60 bits per heavy atom. The van der Waals surface area contributed by atoms with Crippen molar-refractivity contribution >= 4 is 6.21 Å². The Morgan fingerprint density at radius 2 is 2.20 bits per heavy atom. The van der Waals surface area contributed by atoms with E-state index in [0.29, 0.717) is 5.88 Å². The molecule has 0 saturated carbocycles. The predicted octanol–water partition coefficient (Wildman–Crippen LogP) is 2.14. The summed E-state index contributed by atoms with van der Waals surface area (Å²) in [6.45, 7) is 7.34. The Labute approximate surface area is 61.9 Å². The molecule has 0 aliphatic carbocycles. The van der Waals surface area contributed by atoms with Crippen LogP contribution < -0.4 is 0 Å². The molecule has 0 aromatic carbocycles. The van der Waals surface area contributed by atoms with Crippen molar-refractivity contribution < 1.29 is 4.74 Å². The SMILES string of the molecule is C=C/C(C)=C(\N=CC)OC. The third-order valence-electron chi connectivity index (χ3n) is 1.08. The maximum Gasteiger partial charge on any atom is 0.215 e. The van der Waals surface area contributed by atoms with E-state index in [1.165, 1.54) is 0 Å². The monoisotopic (exact) mass is 139 g/mol. The van der Waals surface area contributed by atoms with Gasteiger partial charge in [0.2, 0.25) is 5.88 Å². The quantitative estimate of drug-likeness (QED) is 0.333. The minimum Gasteiger partial charge on any atom is -0.481 e. The van der Waals surface area contributed by atoms with E-state index in [2.05, 4.69) is 11.6 Å². The van der Waals surface area contributed by atoms with E-state index < -0.39 is 0 Å².